The molecule has 2 fully saturated rings. The first-order valence-electron chi connectivity index (χ1n) is 8.28. The van der Waals surface area contributed by atoms with E-state index in [4.69, 9.17) is 0 Å². The molecular weight excluding hydrogens is 240 g/mol. The molecule has 0 spiro atoms. The van der Waals surface area contributed by atoms with Gasteiger partial charge in [0.15, 0.2) is 0 Å². The molecule has 0 heteroatoms. The molecule has 0 N–H and O–H groups in total. The van der Waals surface area contributed by atoms with Gasteiger partial charge in [-0.05, 0) is 61.7 Å². The summed E-state index contributed by atoms with van der Waals surface area (Å²) in [6.07, 6.45) is 12.2. The third-order valence-electron chi connectivity index (χ3n) is 6.32. The third-order valence-corrected chi connectivity index (χ3v) is 6.32. The average Bonchev–Trinajstić information content (AvgIpc) is 2.36. The Hall–Kier alpha value is -0.780. The van der Waals surface area contributed by atoms with Crippen molar-refractivity contribution in [1.29, 1.82) is 0 Å². The summed E-state index contributed by atoms with van der Waals surface area (Å²) in [5, 5.41) is 0. The van der Waals surface area contributed by atoms with Crippen molar-refractivity contribution >= 4 is 0 Å². The van der Waals surface area contributed by atoms with Crippen LogP contribution >= 0.6 is 0 Å². The van der Waals surface area contributed by atoms with Crippen LogP contribution in [0.25, 0.3) is 0 Å². The fourth-order valence-electron chi connectivity index (χ4n) is 5.10. The van der Waals surface area contributed by atoms with E-state index in [9.17, 15) is 0 Å². The molecule has 0 amide bonds. The summed E-state index contributed by atoms with van der Waals surface area (Å²) < 4.78 is 0. The molecule has 0 nitrogen and oxygen atoms in total. The van der Waals surface area contributed by atoms with Gasteiger partial charge in [0.1, 0.15) is 0 Å². The lowest BCUT2D eigenvalue weighted by Gasteiger charge is -2.58. The predicted octanol–water partition coefficient (Wildman–Crippen LogP) is 6.31. The number of hydrogen-bond acceptors (Lipinski definition) is 0. The van der Waals surface area contributed by atoms with E-state index < -0.39 is 0 Å². The van der Waals surface area contributed by atoms with Crippen LogP contribution in [0.5, 0.6) is 0 Å². The van der Waals surface area contributed by atoms with Gasteiger partial charge in [-0.3, -0.25) is 0 Å². The second-order valence-electron chi connectivity index (χ2n) is 8.04. The highest BCUT2D eigenvalue weighted by molar-refractivity contribution is 5.20. The van der Waals surface area contributed by atoms with Crippen molar-refractivity contribution in [3.8, 4) is 0 Å². The second kappa shape index (κ2) is 5.54. The first-order chi connectivity index (χ1) is 9.31. The van der Waals surface area contributed by atoms with Gasteiger partial charge in [0, 0.05) is 0 Å². The molecule has 2 aliphatic rings. The molecular formula is C20H32. The van der Waals surface area contributed by atoms with Gasteiger partial charge in [-0.15, -0.1) is 0 Å². The molecule has 0 aromatic heterocycles. The summed E-state index contributed by atoms with van der Waals surface area (Å²) in [7, 11) is 0. The van der Waals surface area contributed by atoms with Crippen molar-refractivity contribution in [3.63, 3.8) is 0 Å². The zero-order valence-corrected chi connectivity index (χ0v) is 14.0. The molecule has 0 saturated heterocycles. The Morgan fingerprint density at radius 2 is 2.00 bits per heavy atom. The Kier molecular flexibility index (Phi) is 4.33. The maximum atomic E-state index is 4.43. The zero-order valence-electron chi connectivity index (χ0n) is 14.0. The van der Waals surface area contributed by atoms with Crippen LogP contribution in [0, 0.1) is 22.7 Å². The summed E-state index contributed by atoms with van der Waals surface area (Å²) >= 11 is 0. The van der Waals surface area contributed by atoms with Crippen LogP contribution in [0.4, 0.5) is 0 Å². The Morgan fingerprint density at radius 3 is 2.65 bits per heavy atom. The minimum Gasteiger partial charge on any atom is -0.0995 e. The highest BCUT2D eigenvalue weighted by Gasteiger charge is 2.52. The van der Waals surface area contributed by atoms with Crippen LogP contribution in [-0.2, 0) is 0 Å². The minimum atomic E-state index is 0.453. The smallest absolute Gasteiger partial charge is 0.0114 e. The average molecular weight is 272 g/mol. The third kappa shape index (κ3) is 2.67. The van der Waals surface area contributed by atoms with Crippen LogP contribution in [0.3, 0.4) is 0 Å². The second-order valence-corrected chi connectivity index (χ2v) is 8.04. The minimum absolute atomic E-state index is 0.453. The highest BCUT2D eigenvalue weighted by Crippen LogP contribution is 2.61. The number of fused-ring (bicyclic) bond motifs is 1. The summed E-state index contributed by atoms with van der Waals surface area (Å²) in [6.45, 7) is 18.0. The predicted molar refractivity (Wildman–Crippen MR) is 89.7 cm³/mol. The van der Waals surface area contributed by atoms with Crippen molar-refractivity contribution < 1.29 is 0 Å². The molecule has 0 aromatic carbocycles. The molecule has 0 bridgehead atoms. The molecule has 3 atom stereocenters. The van der Waals surface area contributed by atoms with E-state index in [0.29, 0.717) is 16.7 Å². The van der Waals surface area contributed by atoms with Gasteiger partial charge >= 0.3 is 0 Å². The van der Waals surface area contributed by atoms with E-state index in [-0.39, 0.29) is 0 Å². The van der Waals surface area contributed by atoms with E-state index in [0.717, 1.165) is 12.3 Å². The topological polar surface area (TPSA) is 0 Å². The molecule has 2 saturated carbocycles. The molecule has 0 radical (unpaired) electrons. The van der Waals surface area contributed by atoms with E-state index in [1.807, 2.05) is 6.08 Å². The monoisotopic (exact) mass is 272 g/mol. The van der Waals surface area contributed by atoms with Crippen LogP contribution in [0.1, 0.15) is 66.2 Å². The van der Waals surface area contributed by atoms with Crippen LogP contribution in [0.15, 0.2) is 36.5 Å². The van der Waals surface area contributed by atoms with Gasteiger partial charge in [-0.2, -0.15) is 0 Å². The van der Waals surface area contributed by atoms with Gasteiger partial charge < -0.3 is 0 Å². The van der Waals surface area contributed by atoms with Crippen molar-refractivity contribution in [2.45, 2.75) is 66.2 Å². The van der Waals surface area contributed by atoms with Crippen molar-refractivity contribution in [2.75, 3.05) is 0 Å². The van der Waals surface area contributed by atoms with E-state index in [1.54, 1.807) is 0 Å². The quantitative estimate of drug-likeness (QED) is 0.417. The van der Waals surface area contributed by atoms with Gasteiger partial charge in [0.05, 0.1) is 0 Å². The summed E-state index contributed by atoms with van der Waals surface area (Å²) in [6, 6.07) is 0. The molecule has 2 aliphatic carbocycles. The van der Waals surface area contributed by atoms with Crippen LogP contribution < -0.4 is 0 Å². The Labute approximate surface area is 126 Å². The molecule has 2 rings (SSSR count). The normalized spacial score (nSPS) is 37.4. The SMILES string of the molecule is C=C/C(C)=C/C[C@@H]1C(=C)CC[C@H]2C(C)(C)CCC[C@]12C. The first kappa shape index (κ1) is 15.6. The van der Waals surface area contributed by atoms with E-state index in [1.165, 1.54) is 43.3 Å². The lowest BCUT2D eigenvalue weighted by atomic mass is 9.47. The fourth-order valence-corrected chi connectivity index (χ4v) is 5.10. The van der Waals surface area contributed by atoms with Gasteiger partial charge in [0.2, 0.25) is 0 Å². The van der Waals surface area contributed by atoms with Gasteiger partial charge in [-0.25, -0.2) is 0 Å². The summed E-state index contributed by atoms with van der Waals surface area (Å²) in [4.78, 5) is 0. The zero-order chi connectivity index (χ0) is 15.0. The number of rotatable bonds is 3. The van der Waals surface area contributed by atoms with Gasteiger partial charge in [0.25, 0.3) is 0 Å². The lowest BCUT2D eigenvalue weighted by Crippen LogP contribution is -2.49. The lowest BCUT2D eigenvalue weighted by molar-refractivity contribution is -0.0510. The maximum absolute atomic E-state index is 4.43. The summed E-state index contributed by atoms with van der Waals surface area (Å²) in [5.74, 6) is 1.52. The highest BCUT2D eigenvalue weighted by atomic mass is 14.6. The van der Waals surface area contributed by atoms with Crippen LogP contribution in [0.2, 0.25) is 0 Å². The van der Waals surface area contributed by atoms with E-state index >= 15 is 0 Å². The standard InChI is InChI=1S/C20H32/c1-7-15(2)9-11-17-16(3)10-12-18-19(4,5)13-8-14-20(17,18)6/h7,9,17-18H,1,3,8,10-14H2,2,4-6H3/b15-9+/t17-,18+,20-/m1/s1. The molecule has 0 aromatic rings. The maximum Gasteiger partial charge on any atom is -0.0114 e. The van der Waals surface area contributed by atoms with Crippen LogP contribution in [-0.4, -0.2) is 0 Å². The Morgan fingerprint density at radius 1 is 1.30 bits per heavy atom. The molecule has 20 heavy (non-hydrogen) atoms. The number of hydrogen-bond donors (Lipinski definition) is 0. The largest absolute Gasteiger partial charge is 0.0995 e. The molecule has 0 aliphatic heterocycles. The molecule has 112 valence electrons. The van der Waals surface area contributed by atoms with Crippen molar-refractivity contribution in [3.05, 3.63) is 36.5 Å². The van der Waals surface area contributed by atoms with Crippen molar-refractivity contribution in [2.24, 2.45) is 22.7 Å². The molecule has 0 unspecified atom stereocenters. The van der Waals surface area contributed by atoms with E-state index in [2.05, 4.69) is 46.9 Å². The fraction of sp³-hybridized carbons (Fsp3) is 0.700. The number of allylic oxidation sites excluding steroid dienone is 4. The first-order valence-corrected chi connectivity index (χ1v) is 8.28. The summed E-state index contributed by atoms with van der Waals surface area (Å²) in [5.41, 5.74) is 3.76. The Bertz CT molecular complexity index is 423. The Balaban J connectivity index is 2.28. The van der Waals surface area contributed by atoms with Crippen molar-refractivity contribution in [1.82, 2.24) is 0 Å². The molecule has 0 heterocycles. The van der Waals surface area contributed by atoms with Gasteiger partial charge in [-0.1, -0.05) is 63.6 Å².